The Bertz CT molecular complexity index is 1160. The van der Waals surface area contributed by atoms with Gasteiger partial charge in [-0.05, 0) is 42.7 Å². The Balaban J connectivity index is 1.46. The fraction of sp³-hybridized carbons (Fsp3) is 0.286. The van der Waals surface area contributed by atoms with Crippen LogP contribution < -0.4 is 5.56 Å². The Morgan fingerprint density at radius 2 is 2.07 bits per heavy atom. The first kappa shape index (κ1) is 18.1. The van der Waals surface area contributed by atoms with Crippen molar-refractivity contribution >= 4 is 17.5 Å². The maximum Gasteiger partial charge on any atom is 0.261 e. The molecule has 1 amide bonds. The lowest BCUT2D eigenvalue weighted by Crippen LogP contribution is -2.49. The molecule has 0 unspecified atom stereocenters. The number of benzene rings is 1. The number of imidazole rings is 1. The first-order chi connectivity index (χ1) is 14.0. The highest BCUT2D eigenvalue weighted by atomic mass is 35.5. The lowest BCUT2D eigenvalue weighted by atomic mass is 9.82. The maximum atomic E-state index is 13.3. The van der Waals surface area contributed by atoms with E-state index in [2.05, 4.69) is 9.97 Å². The van der Waals surface area contributed by atoms with Gasteiger partial charge in [-0.15, -0.1) is 0 Å². The third kappa shape index (κ3) is 3.06. The molecule has 4 heterocycles. The lowest BCUT2D eigenvalue weighted by Gasteiger charge is -2.43. The van der Waals surface area contributed by atoms with Crippen molar-refractivity contribution in [2.24, 2.45) is 5.92 Å². The minimum Gasteiger partial charge on any atom is -0.344 e. The molecule has 2 aliphatic heterocycles. The Kier molecular flexibility index (Phi) is 4.28. The van der Waals surface area contributed by atoms with Crippen LogP contribution >= 0.6 is 11.6 Å². The molecule has 0 aliphatic carbocycles. The van der Waals surface area contributed by atoms with Crippen LogP contribution in [0.25, 0.3) is 11.4 Å². The number of amides is 1. The number of H-pyrrole nitrogens is 1. The number of aromatic nitrogens is 3. The minimum atomic E-state index is -0.470. The molecule has 29 heavy (non-hydrogen) atoms. The number of nitrogens with one attached hydrogen (secondary N) is 1. The zero-order chi connectivity index (χ0) is 20.1. The molecule has 6 nitrogen and oxygen atoms in total. The lowest BCUT2D eigenvalue weighted by molar-refractivity contribution is 0.0595. The summed E-state index contributed by atoms with van der Waals surface area (Å²) in [6.45, 7) is 1.60. The highest BCUT2D eigenvalue weighted by molar-refractivity contribution is 6.33. The first-order valence-electron chi connectivity index (χ1n) is 9.49. The Morgan fingerprint density at radius 3 is 2.83 bits per heavy atom. The summed E-state index contributed by atoms with van der Waals surface area (Å²) in [6.07, 6.45) is 4.25. The highest BCUT2D eigenvalue weighted by Crippen LogP contribution is 2.36. The van der Waals surface area contributed by atoms with Gasteiger partial charge in [0.2, 0.25) is 0 Å². The molecule has 1 aromatic carbocycles. The normalized spacial score (nSPS) is 20.4. The van der Waals surface area contributed by atoms with Gasteiger partial charge < -0.3 is 14.5 Å². The number of carbonyl (C=O) groups excluding carboxylic acids is 1. The number of halogens is 2. The van der Waals surface area contributed by atoms with Gasteiger partial charge in [0.15, 0.2) is 0 Å². The number of hydrogen-bond acceptors (Lipinski definition) is 3. The van der Waals surface area contributed by atoms with E-state index in [-0.39, 0.29) is 28.3 Å². The number of hydrogen-bond donors (Lipinski definition) is 1. The van der Waals surface area contributed by atoms with Gasteiger partial charge in [0.25, 0.3) is 11.5 Å². The molecule has 3 aromatic rings. The standard InChI is InChI=1S/C21H18ClFN4O2/c22-17-8-14(23)1-2-15(17)20(28)26-9-12-7-13(11-26)18-4-3-16(19-24-5-6-25-19)21(29)27(18)10-12/h1-6,8,12-13H,7,9-11H2,(H,24,25)/t12-,13+/m0/s1. The zero-order valence-electron chi connectivity index (χ0n) is 15.4. The van der Waals surface area contributed by atoms with Crippen LogP contribution in [0.4, 0.5) is 4.39 Å². The van der Waals surface area contributed by atoms with Crippen molar-refractivity contribution in [2.45, 2.75) is 18.9 Å². The predicted octanol–water partition coefficient (Wildman–Crippen LogP) is 3.29. The smallest absolute Gasteiger partial charge is 0.261 e. The van der Waals surface area contributed by atoms with Crippen LogP contribution in [-0.4, -0.2) is 38.4 Å². The molecule has 0 radical (unpaired) electrons. The van der Waals surface area contributed by atoms with E-state index in [9.17, 15) is 14.0 Å². The predicted molar refractivity (Wildman–Crippen MR) is 106 cm³/mol. The number of rotatable bonds is 2. The molecule has 2 atom stereocenters. The van der Waals surface area contributed by atoms with E-state index in [0.717, 1.165) is 18.2 Å². The van der Waals surface area contributed by atoms with Crippen molar-refractivity contribution in [3.63, 3.8) is 0 Å². The van der Waals surface area contributed by atoms with E-state index in [1.165, 1.54) is 12.1 Å². The number of aromatic amines is 1. The topological polar surface area (TPSA) is 71.0 Å². The molecule has 5 rings (SSSR count). The molecule has 1 saturated heterocycles. The number of piperidine rings is 1. The van der Waals surface area contributed by atoms with Crippen molar-refractivity contribution in [2.75, 3.05) is 13.1 Å². The average Bonchev–Trinajstić information content (AvgIpc) is 3.23. The second kappa shape index (κ2) is 6.84. The average molecular weight is 413 g/mol. The first-order valence-corrected chi connectivity index (χ1v) is 9.87. The zero-order valence-corrected chi connectivity index (χ0v) is 16.2. The Morgan fingerprint density at radius 1 is 1.21 bits per heavy atom. The van der Waals surface area contributed by atoms with Crippen LogP contribution in [0, 0.1) is 11.7 Å². The molecular formula is C21H18ClFN4O2. The molecule has 8 heteroatoms. The quantitative estimate of drug-likeness (QED) is 0.702. The van der Waals surface area contributed by atoms with Crippen molar-refractivity contribution in [1.82, 2.24) is 19.4 Å². The van der Waals surface area contributed by atoms with E-state index >= 15 is 0 Å². The van der Waals surface area contributed by atoms with Crippen molar-refractivity contribution < 1.29 is 9.18 Å². The summed E-state index contributed by atoms with van der Waals surface area (Å²) < 4.78 is 15.2. The van der Waals surface area contributed by atoms with E-state index < -0.39 is 5.82 Å². The summed E-state index contributed by atoms with van der Waals surface area (Å²) >= 11 is 6.09. The number of carbonyl (C=O) groups is 1. The number of pyridine rings is 1. The Hall–Kier alpha value is -2.93. The molecule has 0 spiro atoms. The van der Waals surface area contributed by atoms with Crippen LogP contribution in [0.1, 0.15) is 28.4 Å². The van der Waals surface area contributed by atoms with Crippen molar-refractivity contribution in [3.05, 3.63) is 75.2 Å². The molecule has 1 N–H and O–H groups in total. The van der Waals surface area contributed by atoms with Gasteiger partial charge in [0, 0.05) is 43.6 Å². The maximum absolute atomic E-state index is 13.3. The minimum absolute atomic E-state index is 0.0616. The van der Waals surface area contributed by atoms with Gasteiger partial charge in [0.1, 0.15) is 11.6 Å². The fourth-order valence-electron chi connectivity index (χ4n) is 4.54. The van der Waals surface area contributed by atoms with Crippen LogP contribution in [0.5, 0.6) is 0 Å². The van der Waals surface area contributed by atoms with Gasteiger partial charge in [-0.3, -0.25) is 9.59 Å². The van der Waals surface area contributed by atoms with Crippen molar-refractivity contribution in [3.8, 4) is 11.4 Å². The van der Waals surface area contributed by atoms with E-state index in [1.807, 2.05) is 10.6 Å². The Labute approximate surface area is 170 Å². The monoisotopic (exact) mass is 412 g/mol. The molecule has 0 saturated carbocycles. The third-order valence-corrected chi connectivity index (χ3v) is 6.12. The SMILES string of the molecule is O=C(c1ccc(F)cc1Cl)N1C[C@@H]2C[C@H](C1)c1ccc(-c3ncc[nH]3)c(=O)n1C2. The molecule has 2 aliphatic rings. The van der Waals surface area contributed by atoms with Crippen LogP contribution in [0.2, 0.25) is 5.02 Å². The molecule has 2 bridgehead atoms. The number of likely N-dealkylation sites (tertiary alicyclic amines) is 1. The van der Waals surface area contributed by atoms with Gasteiger partial charge >= 0.3 is 0 Å². The van der Waals surface area contributed by atoms with E-state index in [1.54, 1.807) is 23.4 Å². The summed E-state index contributed by atoms with van der Waals surface area (Å²) in [7, 11) is 0. The molecular weight excluding hydrogens is 395 g/mol. The number of fused-ring (bicyclic) bond motifs is 4. The molecule has 1 fully saturated rings. The largest absolute Gasteiger partial charge is 0.344 e. The van der Waals surface area contributed by atoms with Crippen LogP contribution in [0.15, 0.2) is 47.5 Å². The number of nitrogens with zero attached hydrogens (tertiary/aromatic N) is 3. The fourth-order valence-corrected chi connectivity index (χ4v) is 4.79. The van der Waals surface area contributed by atoms with Gasteiger partial charge in [-0.2, -0.15) is 0 Å². The second-order valence-corrected chi connectivity index (χ2v) is 8.07. The second-order valence-electron chi connectivity index (χ2n) is 7.66. The molecule has 148 valence electrons. The highest BCUT2D eigenvalue weighted by Gasteiger charge is 2.37. The van der Waals surface area contributed by atoms with E-state index in [4.69, 9.17) is 11.6 Å². The third-order valence-electron chi connectivity index (χ3n) is 5.81. The van der Waals surface area contributed by atoms with Gasteiger partial charge in [0.05, 0.1) is 16.1 Å². The summed E-state index contributed by atoms with van der Waals surface area (Å²) in [5, 5.41) is 0.116. The summed E-state index contributed by atoms with van der Waals surface area (Å²) in [6, 6.07) is 7.59. The van der Waals surface area contributed by atoms with Crippen LogP contribution in [0.3, 0.4) is 0 Å². The summed E-state index contributed by atoms with van der Waals surface area (Å²) in [4.78, 5) is 35.0. The van der Waals surface area contributed by atoms with Crippen molar-refractivity contribution in [1.29, 1.82) is 0 Å². The van der Waals surface area contributed by atoms with Crippen LogP contribution in [-0.2, 0) is 6.54 Å². The van der Waals surface area contributed by atoms with Gasteiger partial charge in [-0.1, -0.05) is 11.6 Å². The van der Waals surface area contributed by atoms with E-state index in [0.29, 0.717) is 36.6 Å². The summed E-state index contributed by atoms with van der Waals surface area (Å²) in [5.41, 5.74) is 1.72. The molecule has 2 aromatic heterocycles. The van der Waals surface area contributed by atoms with Gasteiger partial charge in [-0.25, -0.2) is 9.37 Å². The summed E-state index contributed by atoms with van der Waals surface area (Å²) in [5.74, 6) is 0.136.